The van der Waals surface area contributed by atoms with Gasteiger partial charge in [0.05, 0.1) is 13.2 Å². The second-order valence-electron chi connectivity index (χ2n) is 17.3. The molecule has 0 aromatic carbocycles. The highest BCUT2D eigenvalue weighted by Crippen LogP contribution is 2.19. The lowest BCUT2D eigenvalue weighted by atomic mass is 10.0. The molecule has 0 aliphatic heterocycles. The molecule has 2 amide bonds. The van der Waals surface area contributed by atoms with Gasteiger partial charge in [-0.15, -0.1) is 0 Å². The first kappa shape index (κ1) is 57.3. The molecule has 0 bridgehead atoms. The zero-order valence-corrected chi connectivity index (χ0v) is 39.0. The molecular weight excluding hydrogens is 753 g/mol. The molecule has 0 heterocycles. The van der Waals surface area contributed by atoms with Crippen molar-refractivity contribution in [2.75, 3.05) is 13.2 Å². The number of carboxylic acids is 1. The summed E-state index contributed by atoms with van der Waals surface area (Å²) in [6, 6.07) is -1.38. The van der Waals surface area contributed by atoms with E-state index < -0.39 is 24.5 Å². The molecule has 9 nitrogen and oxygen atoms in total. The zero-order chi connectivity index (χ0) is 44.0. The Morgan fingerprint density at radius 1 is 0.500 bits per heavy atom. The maximum atomic E-state index is 12.8. The largest absolute Gasteiger partial charge is 0.480 e. The van der Waals surface area contributed by atoms with Gasteiger partial charge in [-0.2, -0.15) is 0 Å². The van der Waals surface area contributed by atoms with Gasteiger partial charge in [-0.25, -0.2) is 4.79 Å². The van der Waals surface area contributed by atoms with Crippen molar-refractivity contribution < 1.29 is 34.1 Å². The third-order valence-corrected chi connectivity index (χ3v) is 11.5. The fourth-order valence-electron chi connectivity index (χ4n) is 7.57. The van der Waals surface area contributed by atoms with E-state index in [0.717, 1.165) is 64.2 Å². The Morgan fingerprint density at radius 2 is 0.900 bits per heavy atom. The number of hydrogen-bond donors (Lipinski definition) is 4. The predicted octanol–water partition coefficient (Wildman–Crippen LogP) is 13.2. The topological polar surface area (TPSA) is 142 Å². The molecule has 0 aliphatic carbocycles. The highest BCUT2D eigenvalue weighted by molar-refractivity contribution is 5.87. The molecule has 4 N–H and O–H groups in total. The van der Waals surface area contributed by atoms with Crippen LogP contribution in [0.5, 0.6) is 0 Å². The number of aliphatic carboxylic acids is 1. The summed E-state index contributed by atoms with van der Waals surface area (Å²) in [6.07, 6.45) is 52.2. The maximum absolute atomic E-state index is 12.8. The third kappa shape index (κ3) is 42.0. The molecule has 0 saturated carbocycles. The Balaban J connectivity index is 4.10. The van der Waals surface area contributed by atoms with Gasteiger partial charge < -0.3 is 25.6 Å². The number of esters is 1. The van der Waals surface area contributed by atoms with Crippen LogP contribution in [0.1, 0.15) is 251 Å². The molecule has 2 unspecified atom stereocenters. The number of amides is 2. The summed E-state index contributed by atoms with van der Waals surface area (Å²) in [6.45, 7) is 3.49. The van der Waals surface area contributed by atoms with Crippen molar-refractivity contribution in [2.24, 2.45) is 0 Å². The van der Waals surface area contributed by atoms with E-state index in [-0.39, 0.29) is 24.5 Å². The molecule has 0 spiro atoms. The summed E-state index contributed by atoms with van der Waals surface area (Å²) in [4.78, 5) is 47.7. The van der Waals surface area contributed by atoms with E-state index in [1.807, 2.05) is 0 Å². The summed E-state index contributed by atoms with van der Waals surface area (Å²) >= 11 is 0. The van der Waals surface area contributed by atoms with Gasteiger partial charge in [-0.1, -0.05) is 192 Å². The number of allylic oxidation sites excluding steroid dienone is 4. The van der Waals surface area contributed by atoms with E-state index >= 15 is 0 Å². The molecule has 0 saturated heterocycles. The second kappa shape index (κ2) is 45.8. The molecule has 0 aromatic rings. The van der Waals surface area contributed by atoms with E-state index in [0.29, 0.717) is 19.3 Å². The molecule has 0 radical (unpaired) electrons. The van der Waals surface area contributed by atoms with Crippen LogP contribution in [0.15, 0.2) is 24.3 Å². The maximum Gasteiger partial charge on any atom is 0.328 e. The number of carbonyl (C=O) groups excluding carboxylic acids is 3. The Bertz CT molecular complexity index is 1060. The minimum atomic E-state index is -1.38. The third-order valence-electron chi connectivity index (χ3n) is 11.5. The van der Waals surface area contributed by atoms with Crippen LogP contribution >= 0.6 is 0 Å². The highest BCUT2D eigenvalue weighted by atomic mass is 16.5. The molecule has 9 heteroatoms. The molecule has 2 atom stereocenters. The van der Waals surface area contributed by atoms with E-state index in [1.165, 1.54) is 154 Å². The van der Waals surface area contributed by atoms with E-state index in [1.54, 1.807) is 0 Å². The van der Waals surface area contributed by atoms with Crippen molar-refractivity contribution in [3.05, 3.63) is 24.3 Å². The van der Waals surface area contributed by atoms with Gasteiger partial charge >= 0.3 is 11.9 Å². The van der Waals surface area contributed by atoms with Gasteiger partial charge in [-0.05, 0) is 70.6 Å². The summed E-state index contributed by atoms with van der Waals surface area (Å²) in [5.41, 5.74) is 0. The molecule has 0 rings (SSSR count). The first-order valence-corrected chi connectivity index (χ1v) is 25.2. The minimum absolute atomic E-state index is 0.0102. The monoisotopic (exact) mass is 847 g/mol. The van der Waals surface area contributed by atoms with Gasteiger partial charge in [0.2, 0.25) is 11.8 Å². The lowest BCUT2D eigenvalue weighted by molar-refractivity contribution is -0.150. The molecule has 350 valence electrons. The highest BCUT2D eigenvalue weighted by Gasteiger charge is 2.19. The van der Waals surface area contributed by atoms with Gasteiger partial charge in [-0.3, -0.25) is 14.4 Å². The SMILES string of the molecule is CCCCCCC/C=C\C/C=C\CCCCCCCCCCCCCC(=O)OC(CCCCCCCCCCC)CCCCCCCC(=O)NCC(=O)NC(CO)C(=O)O. The molecule has 0 aromatic heterocycles. The number of aliphatic hydroxyl groups is 1. The molecular formula is C51H94N2O7. The normalized spacial score (nSPS) is 12.6. The van der Waals surface area contributed by atoms with E-state index in [2.05, 4.69) is 48.8 Å². The summed E-state index contributed by atoms with van der Waals surface area (Å²) in [5, 5.41) is 22.6. The molecule has 60 heavy (non-hydrogen) atoms. The van der Waals surface area contributed by atoms with Crippen molar-refractivity contribution in [2.45, 2.75) is 264 Å². The van der Waals surface area contributed by atoms with Gasteiger partial charge in [0.1, 0.15) is 12.1 Å². The van der Waals surface area contributed by atoms with Crippen molar-refractivity contribution in [3.63, 3.8) is 0 Å². The zero-order valence-electron chi connectivity index (χ0n) is 39.0. The summed E-state index contributed by atoms with van der Waals surface area (Å²) < 4.78 is 6.04. The van der Waals surface area contributed by atoms with Crippen LogP contribution in [0.4, 0.5) is 0 Å². The fourth-order valence-corrected chi connectivity index (χ4v) is 7.57. The smallest absolute Gasteiger partial charge is 0.328 e. The first-order chi connectivity index (χ1) is 29.3. The van der Waals surface area contributed by atoms with Crippen LogP contribution in [0.25, 0.3) is 0 Å². The number of carboxylic acid groups (broad SMARTS) is 1. The van der Waals surface area contributed by atoms with Gasteiger partial charge in [0, 0.05) is 12.8 Å². The van der Waals surface area contributed by atoms with Crippen molar-refractivity contribution in [3.8, 4) is 0 Å². The van der Waals surface area contributed by atoms with Crippen molar-refractivity contribution >= 4 is 23.8 Å². The van der Waals surface area contributed by atoms with E-state index in [4.69, 9.17) is 14.9 Å². The number of ether oxygens (including phenoxy) is 1. The van der Waals surface area contributed by atoms with Gasteiger partial charge in [0.15, 0.2) is 0 Å². The Morgan fingerprint density at radius 3 is 1.33 bits per heavy atom. The number of nitrogens with one attached hydrogen (secondary N) is 2. The number of rotatable bonds is 46. The van der Waals surface area contributed by atoms with Crippen LogP contribution in [0.3, 0.4) is 0 Å². The summed E-state index contributed by atoms with van der Waals surface area (Å²) in [7, 11) is 0. The summed E-state index contributed by atoms with van der Waals surface area (Å²) in [5.74, 6) is -2.28. The number of carbonyl (C=O) groups is 4. The number of hydrogen-bond acceptors (Lipinski definition) is 6. The van der Waals surface area contributed by atoms with Gasteiger partial charge in [0.25, 0.3) is 0 Å². The average Bonchev–Trinajstić information content (AvgIpc) is 3.23. The second-order valence-corrected chi connectivity index (χ2v) is 17.3. The van der Waals surface area contributed by atoms with Crippen LogP contribution in [0.2, 0.25) is 0 Å². The standard InChI is InChI=1S/C51H94N2O7/c1-3-5-7-9-11-13-14-15-16-17-18-19-20-21-22-23-24-25-26-28-30-35-39-43-50(57)60-46(40-36-32-29-27-12-10-8-6-4-2)41-37-33-31-34-38-42-48(55)52-44-49(56)53-47(45-54)51(58)59/h14-15,17-18,46-47,54H,3-13,16,19-45H2,1-2H3,(H,52,55)(H,53,56)(H,58,59)/b15-14-,18-17-. The van der Waals surface area contributed by atoms with Crippen LogP contribution in [0, 0.1) is 0 Å². The number of unbranched alkanes of at least 4 members (excludes halogenated alkanes) is 28. The predicted molar refractivity (Wildman–Crippen MR) is 250 cm³/mol. The Hall–Kier alpha value is -2.68. The Labute approximate surface area is 368 Å². The molecule has 0 aliphatic rings. The van der Waals surface area contributed by atoms with Crippen LogP contribution < -0.4 is 10.6 Å². The van der Waals surface area contributed by atoms with Crippen molar-refractivity contribution in [1.82, 2.24) is 10.6 Å². The van der Waals surface area contributed by atoms with Crippen LogP contribution in [-0.4, -0.2) is 59.3 Å². The Kier molecular flexibility index (Phi) is 43.8. The fraction of sp³-hybridized carbons (Fsp3) is 0.843. The van der Waals surface area contributed by atoms with Crippen LogP contribution in [-0.2, 0) is 23.9 Å². The lowest BCUT2D eigenvalue weighted by Crippen LogP contribution is -2.47. The molecule has 0 fully saturated rings. The number of aliphatic hydroxyl groups excluding tert-OH is 1. The quantitative estimate of drug-likeness (QED) is 0.0271. The lowest BCUT2D eigenvalue weighted by Gasteiger charge is -2.18. The first-order valence-electron chi connectivity index (χ1n) is 25.2. The van der Waals surface area contributed by atoms with E-state index in [9.17, 15) is 19.2 Å². The minimum Gasteiger partial charge on any atom is -0.480 e. The average molecular weight is 847 g/mol. The van der Waals surface area contributed by atoms with Crippen molar-refractivity contribution in [1.29, 1.82) is 0 Å².